The topological polar surface area (TPSA) is 29.0 Å². The van der Waals surface area contributed by atoms with E-state index in [-0.39, 0.29) is 17.6 Å². The zero-order valence-corrected chi connectivity index (χ0v) is 26.0. The van der Waals surface area contributed by atoms with Gasteiger partial charge < -0.3 is 9.88 Å². The zero-order valence-electron chi connectivity index (χ0n) is 26.0. The summed E-state index contributed by atoms with van der Waals surface area (Å²) >= 11 is 0. The molecule has 7 aromatic rings. The highest BCUT2D eigenvalue weighted by Gasteiger charge is 2.36. The third-order valence-corrected chi connectivity index (χ3v) is 10.1. The van der Waals surface area contributed by atoms with Crippen molar-refractivity contribution in [3.63, 3.8) is 0 Å². The Labute approximate surface area is 269 Å². The van der Waals surface area contributed by atoms with Crippen LogP contribution in [-0.2, 0) is 5.41 Å². The van der Waals surface area contributed by atoms with Crippen molar-refractivity contribution >= 4 is 27.5 Å². The van der Waals surface area contributed by atoms with Gasteiger partial charge in [-0.2, -0.15) is 0 Å². The van der Waals surface area contributed by atoms with Gasteiger partial charge in [-0.3, -0.25) is 5.32 Å². The van der Waals surface area contributed by atoms with E-state index in [9.17, 15) is 0 Å². The summed E-state index contributed by atoms with van der Waals surface area (Å²) in [5.74, 6) is 0. The quantitative estimate of drug-likeness (QED) is 0.213. The van der Waals surface area contributed by atoms with Gasteiger partial charge in [-0.25, -0.2) is 0 Å². The zero-order chi connectivity index (χ0) is 30.8. The van der Waals surface area contributed by atoms with Gasteiger partial charge in [-0.1, -0.05) is 129 Å². The predicted octanol–water partition coefficient (Wildman–Crippen LogP) is 10.1. The number of rotatable bonds is 4. The van der Waals surface area contributed by atoms with Gasteiger partial charge in [0.05, 0.1) is 17.1 Å². The fraction of sp³-hybridized carbons (Fsp3) is 0.116. The molecule has 2 N–H and O–H groups in total. The monoisotopic (exact) mass is 593 g/mol. The Balaban J connectivity index is 1.14. The summed E-state index contributed by atoms with van der Waals surface area (Å²) in [7, 11) is 0. The number of benzene rings is 6. The lowest BCUT2D eigenvalue weighted by Crippen LogP contribution is -2.39. The molecule has 2 aliphatic rings. The predicted molar refractivity (Wildman–Crippen MR) is 191 cm³/mol. The largest absolute Gasteiger partial charge is 0.366 e. The lowest BCUT2D eigenvalue weighted by molar-refractivity contribution is 0.442. The molecule has 0 saturated heterocycles. The molecular formula is C43H35N3. The SMILES string of the molecule is CC1(C)c2ccccc2-c2cc3c4ccccc4n(-c4ccc(C5NC(c6ccccc6)=CC(c6ccccc6)N5)cc4)c3cc21. The third kappa shape index (κ3) is 4.16. The second-order valence-corrected chi connectivity index (χ2v) is 13.1. The van der Waals surface area contributed by atoms with Crippen LogP contribution in [0.2, 0.25) is 0 Å². The Morgan fingerprint density at radius 1 is 0.565 bits per heavy atom. The minimum atomic E-state index is -0.0527. The Hall–Kier alpha value is -5.38. The lowest BCUT2D eigenvalue weighted by Gasteiger charge is -2.33. The molecule has 2 heterocycles. The molecule has 46 heavy (non-hydrogen) atoms. The van der Waals surface area contributed by atoms with E-state index in [1.165, 1.54) is 60.8 Å². The van der Waals surface area contributed by atoms with Crippen LogP contribution in [0.1, 0.15) is 53.9 Å². The van der Waals surface area contributed by atoms with Gasteiger partial charge in [0.1, 0.15) is 6.17 Å². The number of fused-ring (bicyclic) bond motifs is 6. The number of aromatic nitrogens is 1. The highest BCUT2D eigenvalue weighted by Crippen LogP contribution is 2.51. The first kappa shape index (κ1) is 27.0. The Kier molecular flexibility index (Phi) is 6.06. The van der Waals surface area contributed by atoms with Crippen LogP contribution >= 0.6 is 0 Å². The highest BCUT2D eigenvalue weighted by atomic mass is 15.2. The van der Waals surface area contributed by atoms with Crippen molar-refractivity contribution in [2.75, 3.05) is 0 Å². The molecule has 1 aliphatic heterocycles. The fourth-order valence-electron chi connectivity index (χ4n) is 7.73. The maximum absolute atomic E-state index is 3.85. The van der Waals surface area contributed by atoms with Crippen LogP contribution in [0, 0.1) is 0 Å². The van der Waals surface area contributed by atoms with Crippen LogP contribution < -0.4 is 10.6 Å². The minimum absolute atomic E-state index is 0.0415. The van der Waals surface area contributed by atoms with Gasteiger partial charge in [0.25, 0.3) is 0 Å². The number of nitrogens with zero attached hydrogens (tertiary/aromatic N) is 1. The molecule has 222 valence electrons. The van der Waals surface area contributed by atoms with Crippen LogP contribution in [0.25, 0.3) is 44.3 Å². The molecule has 0 bridgehead atoms. The van der Waals surface area contributed by atoms with Gasteiger partial charge >= 0.3 is 0 Å². The summed E-state index contributed by atoms with van der Waals surface area (Å²) in [6.45, 7) is 4.71. The first-order chi connectivity index (χ1) is 22.6. The molecule has 0 amide bonds. The average Bonchev–Trinajstić information content (AvgIpc) is 3.56. The molecular weight excluding hydrogens is 558 g/mol. The fourth-order valence-corrected chi connectivity index (χ4v) is 7.73. The van der Waals surface area contributed by atoms with Crippen LogP contribution in [0.15, 0.2) is 152 Å². The van der Waals surface area contributed by atoms with Gasteiger partial charge in [-0.15, -0.1) is 0 Å². The third-order valence-electron chi connectivity index (χ3n) is 10.1. The second kappa shape index (κ2) is 10.3. The standard InChI is InChI=1S/C43H35N3/c1-43(2)36-19-11-9-17-32(36)34-25-35-33-18-10-12-20-40(33)46(41(35)26-37(34)43)31-23-21-30(22-24-31)42-44-38(28-13-5-3-6-14-28)27-39(45-42)29-15-7-4-8-16-29/h3-27,38,42,44-45H,1-2H3. The van der Waals surface area contributed by atoms with Gasteiger partial charge in [0.15, 0.2) is 0 Å². The van der Waals surface area contributed by atoms with E-state index >= 15 is 0 Å². The molecule has 0 fully saturated rings. The van der Waals surface area contributed by atoms with Crippen LogP contribution in [0.4, 0.5) is 0 Å². The molecule has 2 unspecified atom stereocenters. The van der Waals surface area contributed by atoms with Crippen LogP contribution in [0.3, 0.4) is 0 Å². The first-order valence-corrected chi connectivity index (χ1v) is 16.2. The Bertz CT molecular complexity index is 2280. The molecule has 0 saturated carbocycles. The van der Waals surface area contributed by atoms with E-state index in [1.54, 1.807) is 0 Å². The minimum Gasteiger partial charge on any atom is -0.366 e. The summed E-state index contributed by atoms with van der Waals surface area (Å²) in [6.07, 6.45) is 2.26. The van der Waals surface area contributed by atoms with Gasteiger partial charge in [0, 0.05) is 27.6 Å². The van der Waals surface area contributed by atoms with Crippen molar-refractivity contribution in [1.29, 1.82) is 0 Å². The summed E-state index contributed by atoms with van der Waals surface area (Å²) in [5, 5.41) is 10.2. The van der Waals surface area contributed by atoms with E-state index in [0.29, 0.717) is 0 Å². The lowest BCUT2D eigenvalue weighted by atomic mass is 9.82. The molecule has 0 spiro atoms. The maximum Gasteiger partial charge on any atom is 0.104 e. The molecule has 3 nitrogen and oxygen atoms in total. The molecule has 2 atom stereocenters. The number of nitrogens with one attached hydrogen (secondary N) is 2. The molecule has 3 heteroatoms. The average molecular weight is 594 g/mol. The van der Waals surface area contributed by atoms with Crippen molar-refractivity contribution in [2.24, 2.45) is 0 Å². The second-order valence-electron chi connectivity index (χ2n) is 13.1. The normalized spacial score (nSPS) is 18.2. The molecule has 0 radical (unpaired) electrons. The highest BCUT2D eigenvalue weighted by molar-refractivity contribution is 6.11. The van der Waals surface area contributed by atoms with E-state index in [2.05, 4.69) is 181 Å². The maximum atomic E-state index is 3.85. The van der Waals surface area contributed by atoms with Crippen molar-refractivity contribution in [1.82, 2.24) is 15.2 Å². The summed E-state index contributed by atoms with van der Waals surface area (Å²) in [5.41, 5.74) is 13.9. The Morgan fingerprint density at radius 3 is 2.07 bits per heavy atom. The molecule has 6 aromatic carbocycles. The van der Waals surface area contributed by atoms with Crippen LogP contribution in [0.5, 0.6) is 0 Å². The summed E-state index contributed by atoms with van der Waals surface area (Å²) < 4.78 is 2.44. The smallest absolute Gasteiger partial charge is 0.104 e. The van der Waals surface area contributed by atoms with E-state index in [1.807, 2.05) is 0 Å². The van der Waals surface area contributed by atoms with Crippen molar-refractivity contribution in [3.8, 4) is 16.8 Å². The Morgan fingerprint density at radius 2 is 1.26 bits per heavy atom. The summed E-state index contributed by atoms with van der Waals surface area (Å²) in [6, 6.07) is 53.1. The van der Waals surface area contributed by atoms with E-state index in [0.717, 1.165) is 11.4 Å². The van der Waals surface area contributed by atoms with Gasteiger partial charge in [0.2, 0.25) is 0 Å². The van der Waals surface area contributed by atoms with Crippen LogP contribution in [-0.4, -0.2) is 4.57 Å². The van der Waals surface area contributed by atoms with Crippen molar-refractivity contribution < 1.29 is 0 Å². The van der Waals surface area contributed by atoms with E-state index < -0.39 is 0 Å². The number of hydrogen-bond acceptors (Lipinski definition) is 2. The molecule has 1 aliphatic carbocycles. The number of para-hydroxylation sites is 1. The van der Waals surface area contributed by atoms with Gasteiger partial charge in [-0.05, 0) is 75.4 Å². The summed E-state index contributed by atoms with van der Waals surface area (Å²) in [4.78, 5) is 0. The van der Waals surface area contributed by atoms with Crippen molar-refractivity contribution in [2.45, 2.75) is 31.5 Å². The molecule has 9 rings (SSSR count). The number of hydrogen-bond donors (Lipinski definition) is 2. The molecule has 1 aromatic heterocycles. The first-order valence-electron chi connectivity index (χ1n) is 16.2. The van der Waals surface area contributed by atoms with Crippen molar-refractivity contribution in [3.05, 3.63) is 179 Å². The van der Waals surface area contributed by atoms with E-state index in [4.69, 9.17) is 0 Å².